The van der Waals surface area contributed by atoms with Gasteiger partial charge in [0, 0.05) is 25.6 Å². The average molecular weight is 325 g/mol. The molecule has 8 heteroatoms. The number of hydrazine groups is 1. The normalized spacial score (nSPS) is 15.2. The van der Waals surface area contributed by atoms with Crippen LogP contribution in [0, 0.1) is 5.92 Å². The molecule has 1 aromatic carbocycles. The van der Waals surface area contributed by atoms with Gasteiger partial charge in [-0.25, -0.2) is 12.7 Å². The molecule has 0 aromatic heterocycles. The number of carbonyl (C=O) groups is 2. The smallest absolute Gasteiger partial charge is 0.269 e. The fourth-order valence-electron chi connectivity index (χ4n) is 1.97. The molecule has 0 unspecified atom stereocenters. The minimum Gasteiger partial charge on any atom is -0.273 e. The number of amides is 2. The Morgan fingerprint density at radius 2 is 1.86 bits per heavy atom. The van der Waals surface area contributed by atoms with Crippen molar-refractivity contribution < 1.29 is 18.0 Å². The molecule has 1 saturated carbocycles. The first-order valence-corrected chi connectivity index (χ1v) is 8.39. The third kappa shape index (κ3) is 3.45. The fraction of sp³-hybridized carbons (Fsp3) is 0.429. The van der Waals surface area contributed by atoms with E-state index in [1.807, 2.05) is 0 Å². The second-order valence-corrected chi connectivity index (χ2v) is 7.54. The van der Waals surface area contributed by atoms with Crippen LogP contribution in [0.2, 0.25) is 0 Å². The molecular formula is C14H19N3O4S. The lowest BCUT2D eigenvalue weighted by molar-refractivity contribution is -0.128. The highest BCUT2D eigenvalue weighted by Gasteiger charge is 2.25. The number of benzene rings is 1. The first-order valence-electron chi connectivity index (χ1n) is 6.95. The monoisotopic (exact) mass is 325 g/mol. The number of hydrogen-bond donors (Lipinski definition) is 2. The summed E-state index contributed by atoms with van der Waals surface area (Å²) < 4.78 is 25.1. The van der Waals surface area contributed by atoms with E-state index >= 15 is 0 Å². The summed E-state index contributed by atoms with van der Waals surface area (Å²) in [5.74, 6) is -0.805. The lowest BCUT2D eigenvalue weighted by Gasteiger charge is -2.24. The van der Waals surface area contributed by atoms with Gasteiger partial charge in [-0.2, -0.15) is 0 Å². The van der Waals surface area contributed by atoms with Crippen LogP contribution in [0.4, 0.5) is 0 Å². The second-order valence-electron chi connectivity index (χ2n) is 5.39. The summed E-state index contributed by atoms with van der Waals surface area (Å²) in [5, 5.41) is 0. The number of sulfonamides is 1. The molecule has 1 aromatic rings. The van der Waals surface area contributed by atoms with E-state index in [1.54, 1.807) is 0 Å². The molecule has 0 aliphatic heterocycles. The zero-order chi connectivity index (χ0) is 16.3. The van der Waals surface area contributed by atoms with Crippen LogP contribution >= 0.6 is 0 Å². The summed E-state index contributed by atoms with van der Waals surface area (Å²) in [4.78, 5) is 23.7. The van der Waals surface area contributed by atoms with E-state index < -0.39 is 15.9 Å². The molecular weight excluding hydrogens is 306 g/mol. The third-order valence-corrected chi connectivity index (χ3v) is 5.46. The van der Waals surface area contributed by atoms with Crippen molar-refractivity contribution in [3.05, 3.63) is 29.8 Å². The van der Waals surface area contributed by atoms with E-state index in [4.69, 9.17) is 0 Å². The van der Waals surface area contributed by atoms with Gasteiger partial charge in [-0.1, -0.05) is 12.5 Å². The topological polar surface area (TPSA) is 95.6 Å². The predicted octanol–water partition coefficient (Wildman–Crippen LogP) is 0.498. The maximum Gasteiger partial charge on any atom is 0.269 e. The highest BCUT2D eigenvalue weighted by molar-refractivity contribution is 7.89. The van der Waals surface area contributed by atoms with Crippen LogP contribution in [-0.2, 0) is 14.8 Å². The van der Waals surface area contributed by atoms with Crippen molar-refractivity contribution in [2.45, 2.75) is 24.2 Å². The molecule has 0 atom stereocenters. The van der Waals surface area contributed by atoms with Gasteiger partial charge >= 0.3 is 0 Å². The summed E-state index contributed by atoms with van der Waals surface area (Å²) in [6, 6.07) is 5.66. The van der Waals surface area contributed by atoms with Gasteiger partial charge in [0.25, 0.3) is 5.91 Å². The van der Waals surface area contributed by atoms with E-state index in [-0.39, 0.29) is 22.3 Å². The molecule has 1 aliphatic rings. The first kappa shape index (κ1) is 16.4. The van der Waals surface area contributed by atoms with Crippen molar-refractivity contribution >= 4 is 21.8 Å². The number of nitrogens with zero attached hydrogens (tertiary/aromatic N) is 1. The Morgan fingerprint density at radius 3 is 2.41 bits per heavy atom. The highest BCUT2D eigenvalue weighted by atomic mass is 32.2. The van der Waals surface area contributed by atoms with E-state index in [9.17, 15) is 18.0 Å². The SMILES string of the molecule is CN(C)S(=O)(=O)c1cccc(C(=O)NNC(=O)C2CCC2)c1. The molecule has 22 heavy (non-hydrogen) atoms. The van der Waals surface area contributed by atoms with Crippen molar-refractivity contribution in [3.8, 4) is 0 Å². The van der Waals surface area contributed by atoms with Crippen molar-refractivity contribution in [1.29, 1.82) is 0 Å². The van der Waals surface area contributed by atoms with Gasteiger partial charge in [0.1, 0.15) is 0 Å². The maximum absolute atomic E-state index is 12.0. The molecule has 1 fully saturated rings. The number of carbonyl (C=O) groups excluding carboxylic acids is 2. The lowest BCUT2D eigenvalue weighted by Crippen LogP contribution is -2.46. The molecule has 2 N–H and O–H groups in total. The number of rotatable bonds is 4. The lowest BCUT2D eigenvalue weighted by atomic mass is 9.85. The number of nitrogens with one attached hydrogen (secondary N) is 2. The van der Waals surface area contributed by atoms with Crippen LogP contribution in [0.3, 0.4) is 0 Å². The zero-order valence-corrected chi connectivity index (χ0v) is 13.3. The Hall–Kier alpha value is -1.93. The van der Waals surface area contributed by atoms with Crippen molar-refractivity contribution in [3.63, 3.8) is 0 Å². The highest BCUT2D eigenvalue weighted by Crippen LogP contribution is 2.25. The molecule has 2 rings (SSSR count). The van der Waals surface area contributed by atoms with Crippen LogP contribution in [0.15, 0.2) is 29.2 Å². The summed E-state index contributed by atoms with van der Waals surface area (Å²) in [5.41, 5.74) is 4.84. The molecule has 1 aliphatic carbocycles. The van der Waals surface area contributed by atoms with Gasteiger partial charge in [0.2, 0.25) is 15.9 Å². The molecule has 0 bridgehead atoms. The van der Waals surface area contributed by atoms with Crippen LogP contribution in [0.5, 0.6) is 0 Å². The minimum atomic E-state index is -3.61. The Kier molecular flexibility index (Phi) is 4.82. The predicted molar refractivity (Wildman–Crippen MR) is 80.3 cm³/mol. The third-order valence-electron chi connectivity index (χ3n) is 3.65. The van der Waals surface area contributed by atoms with Crippen LogP contribution in [0.25, 0.3) is 0 Å². The van der Waals surface area contributed by atoms with E-state index in [2.05, 4.69) is 10.9 Å². The van der Waals surface area contributed by atoms with Crippen molar-refractivity contribution in [2.75, 3.05) is 14.1 Å². The number of hydrogen-bond acceptors (Lipinski definition) is 4. The van der Waals surface area contributed by atoms with E-state index in [0.717, 1.165) is 23.6 Å². The van der Waals surface area contributed by atoms with Gasteiger partial charge in [-0.15, -0.1) is 0 Å². The van der Waals surface area contributed by atoms with Gasteiger partial charge < -0.3 is 0 Å². The quantitative estimate of drug-likeness (QED) is 0.788. The van der Waals surface area contributed by atoms with Crippen molar-refractivity contribution in [1.82, 2.24) is 15.2 Å². The second kappa shape index (κ2) is 6.45. The van der Waals surface area contributed by atoms with E-state index in [1.165, 1.54) is 38.4 Å². The Labute approximate surface area is 129 Å². The largest absolute Gasteiger partial charge is 0.273 e. The standard InChI is InChI=1S/C14H19N3O4S/c1-17(2)22(20,21)12-8-4-7-11(9-12)14(19)16-15-13(18)10-5-3-6-10/h4,7-10H,3,5-6H2,1-2H3,(H,15,18)(H,16,19). The van der Waals surface area contributed by atoms with Gasteiger partial charge in [0.15, 0.2) is 0 Å². The summed E-state index contributed by atoms with van der Waals surface area (Å²) >= 11 is 0. The zero-order valence-electron chi connectivity index (χ0n) is 12.5. The summed E-state index contributed by atoms with van der Waals surface area (Å²) in [7, 11) is -0.771. The van der Waals surface area contributed by atoms with E-state index in [0.29, 0.717) is 0 Å². The molecule has 7 nitrogen and oxygen atoms in total. The average Bonchev–Trinajstić information content (AvgIpc) is 2.42. The summed E-state index contributed by atoms with van der Waals surface area (Å²) in [6.45, 7) is 0. The van der Waals surface area contributed by atoms with Crippen LogP contribution in [0.1, 0.15) is 29.6 Å². The van der Waals surface area contributed by atoms with Crippen LogP contribution in [-0.4, -0.2) is 38.6 Å². The van der Waals surface area contributed by atoms with Crippen LogP contribution < -0.4 is 10.9 Å². The maximum atomic E-state index is 12.0. The molecule has 2 amide bonds. The molecule has 0 spiro atoms. The Morgan fingerprint density at radius 1 is 1.18 bits per heavy atom. The molecule has 120 valence electrons. The summed E-state index contributed by atoms with van der Waals surface area (Å²) in [6.07, 6.45) is 2.69. The van der Waals surface area contributed by atoms with Gasteiger partial charge in [0.05, 0.1) is 4.90 Å². The Bertz CT molecular complexity index is 681. The fourth-order valence-corrected chi connectivity index (χ4v) is 2.92. The van der Waals surface area contributed by atoms with Gasteiger partial charge in [-0.3, -0.25) is 20.4 Å². The van der Waals surface area contributed by atoms with Crippen molar-refractivity contribution in [2.24, 2.45) is 5.92 Å². The minimum absolute atomic E-state index is 0.0236. The molecule has 0 saturated heterocycles. The van der Waals surface area contributed by atoms with Gasteiger partial charge in [-0.05, 0) is 31.0 Å². The molecule has 0 radical (unpaired) electrons. The first-order chi connectivity index (χ1) is 10.3. The molecule has 0 heterocycles. The Balaban J connectivity index is 2.05.